The number of allylic oxidation sites excluding steroid dienone is 2. The zero-order valence-electron chi connectivity index (χ0n) is 12.0. The van der Waals surface area contributed by atoms with Crippen molar-refractivity contribution in [3.8, 4) is 0 Å². The molecule has 0 N–H and O–H groups in total. The number of rotatable bonds is 3. The van der Waals surface area contributed by atoms with Gasteiger partial charge < -0.3 is 0 Å². The first kappa shape index (κ1) is 15.6. The molecule has 1 fully saturated rings. The van der Waals surface area contributed by atoms with Gasteiger partial charge in [-0.3, -0.25) is 9.59 Å². The third kappa shape index (κ3) is 3.55. The molecule has 1 aliphatic heterocycles. The highest BCUT2D eigenvalue weighted by molar-refractivity contribution is 8.18. The van der Waals surface area contributed by atoms with E-state index in [-0.39, 0.29) is 11.1 Å². The summed E-state index contributed by atoms with van der Waals surface area (Å²) in [6.07, 6.45) is 5.31. The number of nitrogens with zero attached hydrogens (tertiary/aromatic N) is 1. The van der Waals surface area contributed by atoms with Crippen molar-refractivity contribution in [2.75, 3.05) is 4.90 Å². The minimum atomic E-state index is -0.333. The fourth-order valence-corrected chi connectivity index (χ4v) is 3.11. The minimum Gasteiger partial charge on any atom is -0.268 e. The summed E-state index contributed by atoms with van der Waals surface area (Å²) in [6, 6.07) is 16.4. The Bertz CT molecular complexity index is 815. The second-order valence-electron chi connectivity index (χ2n) is 4.79. The molecule has 1 saturated heterocycles. The maximum absolute atomic E-state index is 12.4. The van der Waals surface area contributed by atoms with Gasteiger partial charge in [-0.05, 0) is 41.6 Å². The highest BCUT2D eigenvalue weighted by Gasteiger charge is 2.35. The van der Waals surface area contributed by atoms with Gasteiger partial charge in [0, 0.05) is 5.02 Å². The van der Waals surface area contributed by atoms with Crippen LogP contribution in [0.15, 0.2) is 71.7 Å². The van der Waals surface area contributed by atoms with Crippen LogP contribution in [-0.2, 0) is 4.79 Å². The Labute approximate surface area is 143 Å². The monoisotopic (exact) mass is 341 g/mol. The molecule has 3 rings (SSSR count). The lowest BCUT2D eigenvalue weighted by atomic mass is 10.2. The summed E-state index contributed by atoms with van der Waals surface area (Å²) in [7, 11) is 0. The van der Waals surface area contributed by atoms with Gasteiger partial charge in [-0.1, -0.05) is 60.2 Å². The summed E-state index contributed by atoms with van der Waals surface area (Å²) < 4.78 is 0. The van der Waals surface area contributed by atoms with Crippen LogP contribution in [0.25, 0.3) is 6.08 Å². The van der Waals surface area contributed by atoms with Crippen LogP contribution in [-0.4, -0.2) is 11.1 Å². The molecule has 1 aliphatic rings. The van der Waals surface area contributed by atoms with Crippen LogP contribution in [0.4, 0.5) is 10.5 Å². The van der Waals surface area contributed by atoms with Crippen LogP contribution in [0.5, 0.6) is 0 Å². The number of carbonyl (C=O) groups is 2. The molecule has 1 heterocycles. The number of imide groups is 1. The highest BCUT2D eigenvalue weighted by atomic mass is 35.5. The quantitative estimate of drug-likeness (QED) is 0.725. The molecule has 0 aliphatic carbocycles. The predicted octanol–water partition coefficient (Wildman–Crippen LogP) is 5.14. The molecule has 5 heteroatoms. The second kappa shape index (κ2) is 6.86. The first-order valence-electron chi connectivity index (χ1n) is 6.90. The fourth-order valence-electron chi connectivity index (χ4n) is 2.13. The molecule has 0 aromatic heterocycles. The molecule has 0 bridgehead atoms. The van der Waals surface area contributed by atoms with Crippen molar-refractivity contribution in [1.29, 1.82) is 0 Å². The summed E-state index contributed by atoms with van der Waals surface area (Å²) in [5.41, 5.74) is 1.51. The van der Waals surface area contributed by atoms with Crippen molar-refractivity contribution in [2.45, 2.75) is 0 Å². The Hall–Kier alpha value is -2.30. The fraction of sp³-hybridized carbons (Fsp3) is 0. The maximum atomic E-state index is 12.4. The predicted molar refractivity (Wildman–Crippen MR) is 95.5 cm³/mol. The lowest BCUT2D eigenvalue weighted by molar-refractivity contribution is -0.113. The molecular formula is C18H12ClNO2S. The van der Waals surface area contributed by atoms with Crippen molar-refractivity contribution >= 4 is 46.3 Å². The summed E-state index contributed by atoms with van der Waals surface area (Å²) in [5.74, 6) is -0.333. The Kier molecular flexibility index (Phi) is 4.65. The molecule has 0 unspecified atom stereocenters. The summed E-state index contributed by atoms with van der Waals surface area (Å²) in [4.78, 5) is 26.0. The minimum absolute atomic E-state index is 0.323. The number of hydrogen-bond acceptors (Lipinski definition) is 3. The van der Waals surface area contributed by atoms with E-state index < -0.39 is 0 Å². The topological polar surface area (TPSA) is 37.4 Å². The molecular weight excluding hydrogens is 330 g/mol. The van der Waals surface area contributed by atoms with Gasteiger partial charge in [0.05, 0.1) is 10.6 Å². The first-order valence-corrected chi connectivity index (χ1v) is 8.10. The van der Waals surface area contributed by atoms with E-state index in [2.05, 4.69) is 0 Å². The number of carbonyl (C=O) groups excluding carboxylic acids is 2. The van der Waals surface area contributed by atoms with Gasteiger partial charge in [0.2, 0.25) is 0 Å². The van der Waals surface area contributed by atoms with E-state index in [1.54, 1.807) is 36.4 Å². The van der Waals surface area contributed by atoms with Crippen molar-refractivity contribution in [1.82, 2.24) is 0 Å². The lowest BCUT2D eigenvalue weighted by Crippen LogP contribution is -2.27. The largest absolute Gasteiger partial charge is 0.298 e. The number of anilines is 1. The Morgan fingerprint density at radius 1 is 1.00 bits per heavy atom. The number of benzene rings is 2. The van der Waals surface area contributed by atoms with Gasteiger partial charge in [-0.25, -0.2) is 4.90 Å². The molecule has 0 radical (unpaired) electrons. The Balaban J connectivity index is 1.81. The molecule has 2 aromatic rings. The van der Waals surface area contributed by atoms with Crippen LogP contribution >= 0.6 is 23.4 Å². The zero-order chi connectivity index (χ0) is 16.2. The zero-order valence-corrected chi connectivity index (χ0v) is 13.6. The average molecular weight is 342 g/mol. The van der Waals surface area contributed by atoms with E-state index in [0.29, 0.717) is 15.6 Å². The van der Waals surface area contributed by atoms with E-state index in [4.69, 9.17) is 11.6 Å². The maximum Gasteiger partial charge on any atom is 0.298 e. The normalized spacial score (nSPS) is 16.7. The highest BCUT2D eigenvalue weighted by Crippen LogP contribution is 2.35. The first-order chi connectivity index (χ1) is 11.1. The Morgan fingerprint density at radius 2 is 1.78 bits per heavy atom. The van der Waals surface area contributed by atoms with Crippen molar-refractivity contribution in [2.24, 2.45) is 0 Å². The summed E-state index contributed by atoms with van der Waals surface area (Å²) in [5, 5.41) is 0.158. The van der Waals surface area contributed by atoms with E-state index in [1.165, 1.54) is 0 Å². The van der Waals surface area contributed by atoms with Crippen LogP contribution in [0.1, 0.15) is 5.56 Å². The van der Waals surface area contributed by atoms with Crippen molar-refractivity contribution in [3.05, 3.63) is 82.2 Å². The average Bonchev–Trinajstić information content (AvgIpc) is 2.82. The van der Waals surface area contributed by atoms with Gasteiger partial charge in [0.1, 0.15) is 0 Å². The lowest BCUT2D eigenvalue weighted by Gasteiger charge is -2.12. The van der Waals surface area contributed by atoms with Crippen LogP contribution < -0.4 is 4.90 Å². The summed E-state index contributed by atoms with van der Waals surface area (Å²) in [6.45, 7) is 0. The van der Waals surface area contributed by atoms with Crippen LogP contribution in [0.2, 0.25) is 5.02 Å². The molecule has 0 atom stereocenters. The van der Waals surface area contributed by atoms with Crippen LogP contribution in [0.3, 0.4) is 0 Å². The molecule has 0 spiro atoms. The van der Waals surface area contributed by atoms with Gasteiger partial charge in [-0.15, -0.1) is 0 Å². The Morgan fingerprint density at radius 3 is 2.52 bits per heavy atom. The van der Waals surface area contributed by atoms with Crippen LogP contribution in [0, 0.1) is 0 Å². The number of halogens is 1. The van der Waals surface area contributed by atoms with Gasteiger partial charge in [0.15, 0.2) is 0 Å². The third-order valence-corrected chi connectivity index (χ3v) is 4.32. The van der Waals surface area contributed by atoms with Gasteiger partial charge in [-0.2, -0.15) is 0 Å². The van der Waals surface area contributed by atoms with E-state index in [9.17, 15) is 9.59 Å². The van der Waals surface area contributed by atoms with Crippen molar-refractivity contribution < 1.29 is 9.59 Å². The molecule has 23 heavy (non-hydrogen) atoms. The van der Waals surface area contributed by atoms with Crippen molar-refractivity contribution in [3.63, 3.8) is 0 Å². The number of hydrogen-bond donors (Lipinski definition) is 0. The SMILES string of the molecule is O=C1S/C(=C/C=C\c2ccccc2)C(=O)N1c1cccc(Cl)c1. The second-order valence-corrected chi connectivity index (χ2v) is 6.22. The molecule has 2 aromatic carbocycles. The van der Waals surface area contributed by atoms with Gasteiger partial charge >= 0.3 is 0 Å². The van der Waals surface area contributed by atoms with E-state index in [0.717, 1.165) is 22.2 Å². The van der Waals surface area contributed by atoms with E-state index in [1.807, 2.05) is 36.4 Å². The molecule has 114 valence electrons. The smallest absolute Gasteiger partial charge is 0.268 e. The summed E-state index contributed by atoms with van der Waals surface area (Å²) >= 11 is 6.85. The third-order valence-electron chi connectivity index (χ3n) is 3.20. The molecule has 3 nitrogen and oxygen atoms in total. The number of amides is 2. The van der Waals surface area contributed by atoms with Gasteiger partial charge in [0.25, 0.3) is 11.1 Å². The molecule has 2 amide bonds. The van der Waals surface area contributed by atoms with E-state index >= 15 is 0 Å². The number of thioether (sulfide) groups is 1. The molecule has 0 saturated carbocycles. The standard InChI is InChI=1S/C18H12ClNO2S/c19-14-9-5-10-15(12-14)20-17(21)16(23-18(20)22)11-4-8-13-6-2-1-3-7-13/h1-12H/b8-4-,16-11+.